The van der Waals surface area contributed by atoms with Gasteiger partial charge in [-0.3, -0.25) is 4.79 Å². The van der Waals surface area contributed by atoms with E-state index in [9.17, 15) is 9.18 Å². The molecule has 3 aromatic rings. The Kier molecular flexibility index (Phi) is 6.43. The van der Waals surface area contributed by atoms with Crippen LogP contribution in [-0.2, 0) is 4.79 Å². The van der Waals surface area contributed by atoms with Crippen molar-refractivity contribution in [2.45, 2.75) is 19.8 Å². The first kappa shape index (κ1) is 22.3. The average Bonchev–Trinajstić information content (AvgIpc) is 2.89. The lowest BCUT2D eigenvalue weighted by Crippen LogP contribution is -2.51. The molecule has 0 radical (unpaired) electrons. The van der Waals surface area contributed by atoms with Crippen molar-refractivity contribution in [1.29, 1.82) is 0 Å². The topological polar surface area (TPSA) is 52.6 Å². The summed E-state index contributed by atoms with van der Waals surface area (Å²) in [5.41, 5.74) is 4.07. The fraction of sp³-hybridized carbons (Fsp3) is 0.370. The summed E-state index contributed by atoms with van der Waals surface area (Å²) in [5.74, 6) is 0.928. The fourth-order valence-electron chi connectivity index (χ4n) is 4.89. The van der Waals surface area contributed by atoms with E-state index in [0.717, 1.165) is 69.2 Å². The van der Waals surface area contributed by atoms with Gasteiger partial charge in [0, 0.05) is 56.4 Å². The maximum Gasteiger partial charge on any atom is 0.225 e. The van der Waals surface area contributed by atoms with Gasteiger partial charge in [-0.25, -0.2) is 4.39 Å². The lowest BCUT2D eigenvalue weighted by Gasteiger charge is -2.39. The van der Waals surface area contributed by atoms with Crippen molar-refractivity contribution in [3.05, 3.63) is 72.0 Å². The molecule has 176 valence electrons. The van der Waals surface area contributed by atoms with Gasteiger partial charge in [-0.05, 0) is 73.9 Å². The number of hydrogen-bond donors (Lipinski definition) is 0. The van der Waals surface area contributed by atoms with Crippen molar-refractivity contribution in [1.82, 2.24) is 15.1 Å². The number of piperazine rings is 1. The van der Waals surface area contributed by atoms with Crippen LogP contribution >= 0.6 is 0 Å². The second-order valence-corrected chi connectivity index (χ2v) is 9.20. The number of anilines is 2. The van der Waals surface area contributed by atoms with Crippen LogP contribution in [0.15, 0.2) is 60.7 Å². The van der Waals surface area contributed by atoms with Gasteiger partial charge in [0.2, 0.25) is 5.91 Å². The second kappa shape index (κ2) is 9.79. The van der Waals surface area contributed by atoms with Crippen LogP contribution in [0.4, 0.5) is 15.9 Å². The van der Waals surface area contributed by atoms with Gasteiger partial charge in [0.05, 0.1) is 5.69 Å². The van der Waals surface area contributed by atoms with Crippen LogP contribution in [0.2, 0.25) is 0 Å². The second-order valence-electron chi connectivity index (χ2n) is 9.20. The van der Waals surface area contributed by atoms with E-state index in [1.54, 1.807) is 12.1 Å². The molecule has 0 N–H and O–H groups in total. The Hall–Kier alpha value is -3.48. The Balaban J connectivity index is 1.12. The van der Waals surface area contributed by atoms with Gasteiger partial charge in [0.25, 0.3) is 0 Å². The summed E-state index contributed by atoms with van der Waals surface area (Å²) < 4.78 is 13.1. The van der Waals surface area contributed by atoms with E-state index in [1.165, 1.54) is 23.4 Å². The van der Waals surface area contributed by atoms with E-state index in [4.69, 9.17) is 0 Å². The minimum Gasteiger partial charge on any atom is -0.368 e. The number of nitrogens with zero attached hydrogens (tertiary/aromatic N) is 5. The molecule has 3 heterocycles. The van der Waals surface area contributed by atoms with Crippen molar-refractivity contribution in [3.63, 3.8) is 0 Å². The summed E-state index contributed by atoms with van der Waals surface area (Å²) in [7, 11) is 0. The third kappa shape index (κ3) is 4.88. The molecular formula is C27H30FN5O. The quantitative estimate of drug-likeness (QED) is 0.587. The standard InChI is InChI=1S/C27H30FN5O/c1-20-3-2-4-24(19-20)31-15-17-33(18-16-31)27(34)22-11-13-32(14-12-22)26-10-9-25(29-30-26)21-5-7-23(28)8-6-21/h2-10,19,22H,11-18H2,1H3. The summed E-state index contributed by atoms with van der Waals surface area (Å²) >= 11 is 0. The Bertz CT molecular complexity index is 1120. The monoisotopic (exact) mass is 459 g/mol. The fourth-order valence-corrected chi connectivity index (χ4v) is 4.89. The normalized spacial score (nSPS) is 17.2. The Labute approximate surface area is 200 Å². The maximum atomic E-state index is 13.2. The highest BCUT2D eigenvalue weighted by molar-refractivity contribution is 5.79. The third-order valence-electron chi connectivity index (χ3n) is 6.92. The first-order valence-corrected chi connectivity index (χ1v) is 12.0. The predicted molar refractivity (Wildman–Crippen MR) is 132 cm³/mol. The molecule has 2 aromatic carbocycles. The molecule has 0 atom stereocenters. The maximum absolute atomic E-state index is 13.2. The molecule has 0 unspecified atom stereocenters. The van der Waals surface area contributed by atoms with Gasteiger partial charge in [-0.2, -0.15) is 0 Å². The summed E-state index contributed by atoms with van der Waals surface area (Å²) in [6.45, 7) is 7.02. The van der Waals surface area contributed by atoms with E-state index in [2.05, 4.69) is 51.2 Å². The van der Waals surface area contributed by atoms with Gasteiger partial charge in [0.1, 0.15) is 5.82 Å². The van der Waals surface area contributed by atoms with Crippen molar-refractivity contribution in [3.8, 4) is 11.3 Å². The number of aryl methyl sites for hydroxylation is 1. The van der Waals surface area contributed by atoms with Crippen LogP contribution in [0.1, 0.15) is 18.4 Å². The van der Waals surface area contributed by atoms with Crippen LogP contribution in [0.3, 0.4) is 0 Å². The summed E-state index contributed by atoms with van der Waals surface area (Å²) in [4.78, 5) is 19.8. The Morgan fingerprint density at radius 2 is 1.59 bits per heavy atom. The largest absolute Gasteiger partial charge is 0.368 e. The molecule has 2 saturated heterocycles. The van der Waals surface area contributed by atoms with Gasteiger partial charge in [0.15, 0.2) is 5.82 Å². The molecule has 0 saturated carbocycles. The molecule has 0 bridgehead atoms. The number of carbonyl (C=O) groups excluding carboxylic acids is 1. The number of rotatable bonds is 4. The van der Waals surface area contributed by atoms with Crippen molar-refractivity contribution >= 4 is 17.4 Å². The lowest BCUT2D eigenvalue weighted by atomic mass is 9.95. The van der Waals surface area contributed by atoms with Crippen LogP contribution in [0.5, 0.6) is 0 Å². The summed E-state index contributed by atoms with van der Waals surface area (Å²) in [6.07, 6.45) is 1.66. The van der Waals surface area contributed by atoms with Crippen molar-refractivity contribution in [2.24, 2.45) is 5.92 Å². The number of benzene rings is 2. The van der Waals surface area contributed by atoms with Gasteiger partial charge >= 0.3 is 0 Å². The smallest absolute Gasteiger partial charge is 0.225 e. The van der Waals surface area contributed by atoms with Gasteiger partial charge in [-0.15, -0.1) is 10.2 Å². The molecular weight excluding hydrogens is 429 g/mol. The van der Waals surface area contributed by atoms with Crippen LogP contribution < -0.4 is 9.80 Å². The summed E-state index contributed by atoms with van der Waals surface area (Å²) in [6, 6.07) is 18.7. The van der Waals surface area contributed by atoms with Gasteiger partial charge < -0.3 is 14.7 Å². The number of amides is 1. The number of piperidine rings is 1. The highest BCUT2D eigenvalue weighted by Crippen LogP contribution is 2.26. The molecule has 6 nitrogen and oxygen atoms in total. The van der Waals surface area contributed by atoms with E-state index in [1.807, 2.05) is 17.0 Å². The third-order valence-corrected chi connectivity index (χ3v) is 6.92. The molecule has 1 aromatic heterocycles. The Morgan fingerprint density at radius 1 is 0.853 bits per heavy atom. The summed E-state index contributed by atoms with van der Waals surface area (Å²) in [5, 5.41) is 8.71. The number of halogens is 1. The predicted octanol–water partition coefficient (Wildman–Crippen LogP) is 4.16. The molecule has 5 rings (SSSR count). The van der Waals surface area contributed by atoms with Crippen molar-refractivity contribution in [2.75, 3.05) is 49.1 Å². The van der Waals surface area contributed by atoms with E-state index in [0.29, 0.717) is 5.91 Å². The number of aromatic nitrogens is 2. The molecule has 34 heavy (non-hydrogen) atoms. The molecule has 7 heteroatoms. The average molecular weight is 460 g/mol. The zero-order valence-corrected chi connectivity index (χ0v) is 19.5. The van der Waals surface area contributed by atoms with Crippen LogP contribution in [0.25, 0.3) is 11.3 Å². The number of hydrogen-bond acceptors (Lipinski definition) is 5. The lowest BCUT2D eigenvalue weighted by molar-refractivity contribution is -0.136. The molecule has 2 aliphatic rings. The molecule has 1 amide bonds. The molecule has 2 aliphatic heterocycles. The zero-order valence-electron chi connectivity index (χ0n) is 19.5. The molecule has 2 fully saturated rings. The first-order valence-electron chi connectivity index (χ1n) is 12.0. The van der Waals surface area contributed by atoms with Crippen molar-refractivity contribution < 1.29 is 9.18 Å². The van der Waals surface area contributed by atoms with E-state index in [-0.39, 0.29) is 11.7 Å². The van der Waals surface area contributed by atoms with E-state index < -0.39 is 0 Å². The number of carbonyl (C=O) groups is 1. The zero-order chi connectivity index (χ0) is 23.5. The first-order chi connectivity index (χ1) is 16.6. The highest BCUT2D eigenvalue weighted by atomic mass is 19.1. The van der Waals surface area contributed by atoms with E-state index >= 15 is 0 Å². The molecule has 0 spiro atoms. The van der Waals surface area contributed by atoms with Crippen LogP contribution in [0, 0.1) is 18.7 Å². The minimum absolute atomic E-state index is 0.0771. The highest BCUT2D eigenvalue weighted by Gasteiger charge is 2.31. The van der Waals surface area contributed by atoms with Gasteiger partial charge in [-0.1, -0.05) is 12.1 Å². The Morgan fingerprint density at radius 3 is 2.24 bits per heavy atom. The minimum atomic E-state index is -0.265. The SMILES string of the molecule is Cc1cccc(N2CCN(C(=O)C3CCN(c4ccc(-c5ccc(F)cc5)nn4)CC3)CC2)c1. The van der Waals surface area contributed by atoms with Crippen LogP contribution in [-0.4, -0.2) is 60.3 Å². The molecule has 0 aliphatic carbocycles.